The van der Waals surface area contributed by atoms with Crippen LogP contribution >= 0.6 is 46.3 Å². The van der Waals surface area contributed by atoms with Gasteiger partial charge in [0, 0.05) is 10.8 Å². The highest BCUT2D eigenvalue weighted by atomic mass is 35.5. The molecule has 2 rings (SSSR count). The number of rotatable bonds is 8. The first-order valence-electron chi connectivity index (χ1n) is 7.85. The predicted octanol–water partition coefficient (Wildman–Crippen LogP) is 4.14. The van der Waals surface area contributed by atoms with Crippen molar-refractivity contribution in [3.8, 4) is 0 Å². The summed E-state index contributed by atoms with van der Waals surface area (Å²) in [4.78, 5) is 12.6. The number of hydrogen-bond acceptors (Lipinski definition) is 7. The van der Waals surface area contributed by atoms with Crippen molar-refractivity contribution in [2.45, 2.75) is 30.6 Å². The van der Waals surface area contributed by atoms with Gasteiger partial charge < -0.3 is 0 Å². The number of nitrogens with zero attached hydrogens (tertiary/aromatic N) is 3. The molecule has 0 aliphatic heterocycles. The Bertz CT molecular complexity index is 921. The van der Waals surface area contributed by atoms with Gasteiger partial charge in [-0.15, -0.1) is 10.2 Å². The van der Waals surface area contributed by atoms with Crippen molar-refractivity contribution in [2.75, 3.05) is 21.6 Å². The summed E-state index contributed by atoms with van der Waals surface area (Å²) in [5, 5.41) is 11.3. The summed E-state index contributed by atoms with van der Waals surface area (Å²) in [6.45, 7) is 3.51. The Hall–Kier alpha value is -1.07. The number of carbonyl (C=O) groups excluding carboxylic acids is 1. The molecule has 1 aromatic heterocycles. The standard InChI is InChI=1S/C15H18Cl2N4O3S3/c1-4-7-25-15-20-19-14(26-15)18-13(22)9(2)21(27(3,23)24)12-8-10(16)5-6-11(12)17/h5-6,8-9H,4,7H2,1-3H3,(H,18,19,22)/t9-/m1/s1. The van der Waals surface area contributed by atoms with Gasteiger partial charge in [0.15, 0.2) is 4.34 Å². The summed E-state index contributed by atoms with van der Waals surface area (Å²) >= 11 is 14.9. The summed E-state index contributed by atoms with van der Waals surface area (Å²) < 4.78 is 26.3. The number of thioether (sulfide) groups is 1. The molecule has 27 heavy (non-hydrogen) atoms. The molecule has 1 atom stereocenters. The number of benzene rings is 1. The fourth-order valence-electron chi connectivity index (χ4n) is 2.15. The number of amides is 1. The van der Waals surface area contributed by atoms with Crippen LogP contribution in [0.15, 0.2) is 22.5 Å². The van der Waals surface area contributed by atoms with Crippen LogP contribution in [-0.4, -0.2) is 42.6 Å². The zero-order chi connectivity index (χ0) is 20.2. The summed E-state index contributed by atoms with van der Waals surface area (Å²) in [5.41, 5.74) is 0.130. The van der Waals surface area contributed by atoms with Gasteiger partial charge in [0.2, 0.25) is 21.1 Å². The van der Waals surface area contributed by atoms with E-state index in [2.05, 4.69) is 22.4 Å². The highest BCUT2D eigenvalue weighted by Crippen LogP contribution is 2.32. The van der Waals surface area contributed by atoms with Crippen molar-refractivity contribution in [3.63, 3.8) is 0 Å². The van der Waals surface area contributed by atoms with Gasteiger partial charge in [0.25, 0.3) is 0 Å². The van der Waals surface area contributed by atoms with Gasteiger partial charge >= 0.3 is 0 Å². The number of hydrogen-bond donors (Lipinski definition) is 1. The lowest BCUT2D eigenvalue weighted by Crippen LogP contribution is -2.45. The highest BCUT2D eigenvalue weighted by molar-refractivity contribution is 8.01. The lowest BCUT2D eigenvalue weighted by atomic mass is 10.2. The fourth-order valence-corrected chi connectivity index (χ4v) is 5.44. The molecule has 1 heterocycles. The molecular formula is C15H18Cl2N4O3S3. The third-order valence-electron chi connectivity index (χ3n) is 3.30. The average molecular weight is 469 g/mol. The summed E-state index contributed by atoms with van der Waals surface area (Å²) in [5.74, 6) is 0.341. The van der Waals surface area contributed by atoms with Crippen molar-refractivity contribution in [3.05, 3.63) is 28.2 Å². The van der Waals surface area contributed by atoms with E-state index in [1.54, 1.807) is 11.8 Å². The molecule has 7 nitrogen and oxygen atoms in total. The SMILES string of the molecule is CCCSc1nnc(NC(=O)[C@@H](C)N(c2cc(Cl)ccc2Cl)S(C)(=O)=O)s1. The largest absolute Gasteiger partial charge is 0.299 e. The van der Waals surface area contributed by atoms with Crippen molar-refractivity contribution in [1.29, 1.82) is 0 Å². The minimum Gasteiger partial charge on any atom is -0.299 e. The summed E-state index contributed by atoms with van der Waals surface area (Å²) in [6.07, 6.45) is 1.99. The van der Waals surface area contributed by atoms with E-state index in [4.69, 9.17) is 23.2 Å². The third kappa shape index (κ3) is 5.95. The van der Waals surface area contributed by atoms with Crippen molar-refractivity contribution in [2.24, 2.45) is 0 Å². The lowest BCUT2D eigenvalue weighted by molar-refractivity contribution is -0.116. The van der Waals surface area contributed by atoms with Gasteiger partial charge in [-0.2, -0.15) is 0 Å². The fraction of sp³-hybridized carbons (Fsp3) is 0.400. The monoisotopic (exact) mass is 468 g/mol. The maximum atomic E-state index is 12.6. The number of halogens is 2. The molecule has 1 aromatic carbocycles. The predicted molar refractivity (Wildman–Crippen MR) is 113 cm³/mol. The molecule has 1 amide bonds. The molecule has 148 valence electrons. The molecule has 0 aliphatic carbocycles. The molecule has 0 spiro atoms. The summed E-state index contributed by atoms with van der Waals surface area (Å²) in [7, 11) is -3.81. The number of aromatic nitrogens is 2. The minimum absolute atomic E-state index is 0.130. The van der Waals surface area contributed by atoms with Crippen LogP contribution in [0.5, 0.6) is 0 Å². The molecule has 12 heteroatoms. The second kappa shape index (κ2) is 9.42. The van der Waals surface area contributed by atoms with E-state index in [0.29, 0.717) is 10.2 Å². The van der Waals surface area contributed by atoms with Gasteiger partial charge in [-0.05, 0) is 31.5 Å². The van der Waals surface area contributed by atoms with E-state index >= 15 is 0 Å². The van der Waals surface area contributed by atoms with Crippen LogP contribution in [0, 0.1) is 0 Å². The smallest absolute Gasteiger partial charge is 0.249 e. The Morgan fingerprint density at radius 2 is 2.07 bits per heavy atom. The molecule has 0 unspecified atom stereocenters. The Balaban J connectivity index is 2.25. The molecule has 1 N–H and O–H groups in total. The van der Waals surface area contributed by atoms with E-state index < -0.39 is 22.0 Å². The zero-order valence-corrected chi connectivity index (χ0v) is 18.7. The third-order valence-corrected chi connectivity index (χ3v) is 7.26. The first kappa shape index (κ1) is 22.2. The Morgan fingerprint density at radius 1 is 1.37 bits per heavy atom. The summed E-state index contributed by atoms with van der Waals surface area (Å²) in [6, 6.07) is 3.34. The molecule has 0 radical (unpaired) electrons. The number of carbonyl (C=O) groups is 1. The van der Waals surface area contributed by atoms with Crippen molar-refractivity contribution in [1.82, 2.24) is 10.2 Å². The zero-order valence-electron chi connectivity index (χ0n) is 14.8. The highest BCUT2D eigenvalue weighted by Gasteiger charge is 2.31. The van der Waals surface area contributed by atoms with Crippen LogP contribution in [0.1, 0.15) is 20.3 Å². The van der Waals surface area contributed by atoms with Gasteiger partial charge in [0.1, 0.15) is 6.04 Å². The van der Waals surface area contributed by atoms with E-state index in [9.17, 15) is 13.2 Å². The van der Waals surface area contributed by atoms with Crippen LogP contribution in [-0.2, 0) is 14.8 Å². The first-order chi connectivity index (χ1) is 12.6. The second-order valence-electron chi connectivity index (χ2n) is 5.54. The Labute approximate surface area is 176 Å². The quantitative estimate of drug-likeness (QED) is 0.462. The lowest BCUT2D eigenvalue weighted by Gasteiger charge is -2.28. The van der Waals surface area contributed by atoms with Crippen LogP contribution in [0.3, 0.4) is 0 Å². The molecule has 0 bridgehead atoms. The molecule has 2 aromatic rings. The Morgan fingerprint density at radius 3 is 2.70 bits per heavy atom. The number of sulfonamides is 1. The minimum atomic E-state index is -3.81. The average Bonchev–Trinajstić information content (AvgIpc) is 3.02. The maximum Gasteiger partial charge on any atom is 0.249 e. The van der Waals surface area contributed by atoms with Crippen molar-refractivity contribution >= 4 is 73.0 Å². The topological polar surface area (TPSA) is 92.3 Å². The molecular weight excluding hydrogens is 451 g/mol. The molecule has 0 saturated heterocycles. The van der Waals surface area contributed by atoms with E-state index in [1.165, 1.54) is 36.5 Å². The normalized spacial score (nSPS) is 12.6. The van der Waals surface area contributed by atoms with Crippen molar-refractivity contribution < 1.29 is 13.2 Å². The Kier molecular flexibility index (Phi) is 7.75. The van der Waals surface area contributed by atoms with Gasteiger partial charge in [-0.1, -0.05) is 53.2 Å². The number of anilines is 2. The van der Waals surface area contributed by atoms with Crippen LogP contribution in [0.4, 0.5) is 10.8 Å². The van der Waals surface area contributed by atoms with Gasteiger partial charge in [0.05, 0.1) is 17.0 Å². The second-order valence-corrected chi connectivity index (χ2v) is 10.6. The molecule has 0 saturated carbocycles. The number of nitrogens with one attached hydrogen (secondary N) is 1. The maximum absolute atomic E-state index is 12.6. The van der Waals surface area contributed by atoms with Crippen LogP contribution < -0.4 is 9.62 Å². The van der Waals surface area contributed by atoms with Crippen LogP contribution in [0.25, 0.3) is 0 Å². The van der Waals surface area contributed by atoms with Gasteiger partial charge in [-0.3, -0.25) is 14.4 Å². The van der Waals surface area contributed by atoms with E-state index in [0.717, 1.165) is 27.1 Å². The van der Waals surface area contributed by atoms with E-state index in [1.807, 2.05) is 0 Å². The first-order valence-corrected chi connectivity index (χ1v) is 12.3. The van der Waals surface area contributed by atoms with Crippen LogP contribution in [0.2, 0.25) is 10.0 Å². The molecule has 0 aliphatic rings. The van der Waals surface area contributed by atoms with E-state index in [-0.39, 0.29) is 10.7 Å². The van der Waals surface area contributed by atoms with Gasteiger partial charge in [-0.25, -0.2) is 8.42 Å². The molecule has 0 fully saturated rings.